The van der Waals surface area contributed by atoms with E-state index in [2.05, 4.69) is 17.6 Å². The van der Waals surface area contributed by atoms with Crippen LogP contribution in [0.5, 0.6) is 0 Å². The number of benzene rings is 1. The van der Waals surface area contributed by atoms with Gasteiger partial charge in [0.1, 0.15) is 5.76 Å². The summed E-state index contributed by atoms with van der Waals surface area (Å²) in [5.41, 5.74) is 1.94. The van der Waals surface area contributed by atoms with Crippen molar-refractivity contribution in [2.75, 3.05) is 12.4 Å². The lowest BCUT2D eigenvalue weighted by molar-refractivity contribution is 0.0995. The molecular formula is C16H20N2O2. The fraction of sp³-hybridized carbons (Fsp3) is 0.312. The molecule has 20 heavy (non-hydrogen) atoms. The largest absolute Gasteiger partial charge is 0.456 e. The first-order valence-electron chi connectivity index (χ1n) is 6.81. The molecule has 0 spiro atoms. The van der Waals surface area contributed by atoms with E-state index < -0.39 is 0 Å². The van der Waals surface area contributed by atoms with E-state index in [4.69, 9.17) is 4.42 Å². The summed E-state index contributed by atoms with van der Waals surface area (Å²) in [6.07, 6.45) is 0.782. The molecule has 1 unspecified atom stereocenters. The molecule has 1 atom stereocenters. The summed E-state index contributed by atoms with van der Waals surface area (Å²) in [5, 5.41) is 6.00. The minimum atomic E-state index is -0.223. The second-order valence-electron chi connectivity index (χ2n) is 4.71. The number of rotatable bonds is 5. The van der Waals surface area contributed by atoms with Crippen LogP contribution < -0.4 is 10.6 Å². The van der Waals surface area contributed by atoms with Crippen LogP contribution in [0.25, 0.3) is 0 Å². The molecule has 0 fully saturated rings. The number of nitrogens with one attached hydrogen (secondary N) is 2. The Hall–Kier alpha value is -2.07. The summed E-state index contributed by atoms with van der Waals surface area (Å²) in [7, 11) is 1.92. The number of hydrogen-bond acceptors (Lipinski definition) is 3. The van der Waals surface area contributed by atoms with Crippen LogP contribution in [-0.4, -0.2) is 13.0 Å². The maximum atomic E-state index is 12.0. The van der Waals surface area contributed by atoms with Crippen molar-refractivity contribution in [2.45, 2.75) is 26.3 Å². The number of anilines is 1. The van der Waals surface area contributed by atoms with Crippen LogP contribution in [-0.2, 0) is 6.42 Å². The highest BCUT2D eigenvalue weighted by molar-refractivity contribution is 6.02. The third-order valence-corrected chi connectivity index (χ3v) is 3.34. The van der Waals surface area contributed by atoms with Gasteiger partial charge in [-0.2, -0.15) is 0 Å². The molecule has 106 valence electrons. The van der Waals surface area contributed by atoms with Gasteiger partial charge in [-0.25, -0.2) is 0 Å². The molecule has 2 rings (SSSR count). The molecule has 0 aliphatic carbocycles. The Balaban J connectivity index is 2.04. The maximum Gasteiger partial charge on any atom is 0.291 e. The molecule has 0 saturated heterocycles. The molecule has 1 aromatic heterocycles. The molecule has 4 heteroatoms. The molecule has 1 amide bonds. The van der Waals surface area contributed by atoms with E-state index in [1.807, 2.05) is 44.3 Å². The molecule has 2 aromatic rings. The fourth-order valence-corrected chi connectivity index (χ4v) is 1.90. The maximum absolute atomic E-state index is 12.0. The normalized spacial score (nSPS) is 12.2. The van der Waals surface area contributed by atoms with Crippen LogP contribution in [0, 0.1) is 0 Å². The van der Waals surface area contributed by atoms with Gasteiger partial charge in [0.05, 0.1) is 0 Å². The predicted molar refractivity (Wildman–Crippen MR) is 80.0 cm³/mol. The smallest absolute Gasteiger partial charge is 0.291 e. The standard InChI is InChI=1S/C16H20N2O2/c1-4-14-9-10-15(20-14)16(19)18-13-7-5-12(6-8-13)11(2)17-3/h5-11,17H,4H2,1-3H3,(H,18,19). The Morgan fingerprint density at radius 3 is 2.45 bits per heavy atom. The summed E-state index contributed by atoms with van der Waals surface area (Å²) < 4.78 is 5.42. The van der Waals surface area contributed by atoms with E-state index in [1.54, 1.807) is 6.07 Å². The van der Waals surface area contributed by atoms with E-state index in [0.717, 1.165) is 17.9 Å². The van der Waals surface area contributed by atoms with Gasteiger partial charge >= 0.3 is 0 Å². The average Bonchev–Trinajstić information content (AvgIpc) is 2.96. The minimum absolute atomic E-state index is 0.223. The Morgan fingerprint density at radius 1 is 1.20 bits per heavy atom. The fourth-order valence-electron chi connectivity index (χ4n) is 1.90. The average molecular weight is 272 g/mol. The Kier molecular flexibility index (Phi) is 4.58. The zero-order chi connectivity index (χ0) is 14.5. The van der Waals surface area contributed by atoms with Gasteiger partial charge in [-0.3, -0.25) is 4.79 Å². The van der Waals surface area contributed by atoms with Crippen molar-refractivity contribution in [3.05, 3.63) is 53.5 Å². The quantitative estimate of drug-likeness (QED) is 0.877. The lowest BCUT2D eigenvalue weighted by Gasteiger charge is -2.11. The minimum Gasteiger partial charge on any atom is -0.456 e. The molecule has 0 aliphatic rings. The molecule has 0 bridgehead atoms. The number of aryl methyl sites for hydroxylation is 1. The third kappa shape index (κ3) is 3.27. The highest BCUT2D eigenvalue weighted by Gasteiger charge is 2.11. The van der Waals surface area contributed by atoms with Crippen molar-refractivity contribution in [1.29, 1.82) is 0 Å². The zero-order valence-corrected chi connectivity index (χ0v) is 12.1. The van der Waals surface area contributed by atoms with Gasteiger partial charge in [-0.1, -0.05) is 19.1 Å². The van der Waals surface area contributed by atoms with Crippen LogP contribution in [0.15, 0.2) is 40.8 Å². The summed E-state index contributed by atoms with van der Waals surface area (Å²) in [5.74, 6) is 0.932. The van der Waals surface area contributed by atoms with E-state index >= 15 is 0 Å². The van der Waals surface area contributed by atoms with E-state index in [0.29, 0.717) is 5.76 Å². The summed E-state index contributed by atoms with van der Waals surface area (Å²) in [4.78, 5) is 12.0. The topological polar surface area (TPSA) is 54.3 Å². The summed E-state index contributed by atoms with van der Waals surface area (Å²) >= 11 is 0. The zero-order valence-electron chi connectivity index (χ0n) is 12.1. The lowest BCUT2D eigenvalue weighted by atomic mass is 10.1. The highest BCUT2D eigenvalue weighted by atomic mass is 16.3. The van der Waals surface area contributed by atoms with E-state index in [-0.39, 0.29) is 11.9 Å². The van der Waals surface area contributed by atoms with Crippen molar-refractivity contribution < 1.29 is 9.21 Å². The monoisotopic (exact) mass is 272 g/mol. The van der Waals surface area contributed by atoms with Crippen molar-refractivity contribution in [3.63, 3.8) is 0 Å². The number of carbonyl (C=O) groups excluding carboxylic acids is 1. The van der Waals surface area contributed by atoms with Gasteiger partial charge in [-0.05, 0) is 43.8 Å². The van der Waals surface area contributed by atoms with Gasteiger partial charge in [0, 0.05) is 18.2 Å². The molecule has 1 aromatic carbocycles. The SMILES string of the molecule is CCc1ccc(C(=O)Nc2ccc(C(C)NC)cc2)o1. The van der Waals surface area contributed by atoms with Crippen molar-refractivity contribution in [3.8, 4) is 0 Å². The van der Waals surface area contributed by atoms with Crippen LogP contribution in [0.3, 0.4) is 0 Å². The van der Waals surface area contributed by atoms with E-state index in [1.165, 1.54) is 5.56 Å². The van der Waals surface area contributed by atoms with Crippen LogP contribution in [0.4, 0.5) is 5.69 Å². The first-order chi connectivity index (χ1) is 9.63. The number of hydrogen-bond donors (Lipinski definition) is 2. The van der Waals surface area contributed by atoms with Gasteiger partial charge in [0.15, 0.2) is 5.76 Å². The second-order valence-corrected chi connectivity index (χ2v) is 4.71. The van der Waals surface area contributed by atoms with Gasteiger partial charge in [0.2, 0.25) is 0 Å². The van der Waals surface area contributed by atoms with Gasteiger partial charge in [-0.15, -0.1) is 0 Å². The molecule has 0 saturated carbocycles. The van der Waals surface area contributed by atoms with Crippen molar-refractivity contribution in [1.82, 2.24) is 5.32 Å². The van der Waals surface area contributed by atoms with Gasteiger partial charge in [0.25, 0.3) is 5.91 Å². The van der Waals surface area contributed by atoms with Crippen LogP contribution >= 0.6 is 0 Å². The molecule has 0 aliphatic heterocycles. The molecular weight excluding hydrogens is 252 g/mol. The first kappa shape index (κ1) is 14.3. The molecule has 2 N–H and O–H groups in total. The molecule has 0 radical (unpaired) electrons. The predicted octanol–water partition coefficient (Wildman–Crippen LogP) is 3.37. The van der Waals surface area contributed by atoms with Crippen molar-refractivity contribution >= 4 is 11.6 Å². The van der Waals surface area contributed by atoms with Crippen molar-refractivity contribution in [2.24, 2.45) is 0 Å². The Labute approximate surface area is 119 Å². The van der Waals surface area contributed by atoms with E-state index in [9.17, 15) is 4.79 Å². The van der Waals surface area contributed by atoms with Crippen LogP contribution in [0.2, 0.25) is 0 Å². The second kappa shape index (κ2) is 6.39. The number of furan rings is 1. The van der Waals surface area contributed by atoms with Crippen LogP contribution in [0.1, 0.15) is 41.8 Å². The summed E-state index contributed by atoms with van der Waals surface area (Å²) in [6.45, 7) is 4.07. The Bertz CT molecular complexity index is 572. The van der Waals surface area contributed by atoms with Gasteiger partial charge < -0.3 is 15.1 Å². The molecule has 4 nitrogen and oxygen atoms in total. The lowest BCUT2D eigenvalue weighted by Crippen LogP contribution is -2.13. The third-order valence-electron chi connectivity index (χ3n) is 3.34. The summed E-state index contributed by atoms with van der Waals surface area (Å²) in [6, 6.07) is 11.6. The molecule has 1 heterocycles. The highest BCUT2D eigenvalue weighted by Crippen LogP contribution is 2.17. The number of amides is 1. The first-order valence-corrected chi connectivity index (χ1v) is 6.81. The number of carbonyl (C=O) groups is 1. The Morgan fingerprint density at radius 2 is 1.90 bits per heavy atom.